The molecular weight excluding hydrogens is 298 g/mol. The highest BCUT2D eigenvalue weighted by atomic mass is 16.5. The molecule has 2 unspecified atom stereocenters. The van der Waals surface area contributed by atoms with Gasteiger partial charge in [-0.15, -0.1) is 0 Å². The zero-order chi connectivity index (χ0) is 16.7. The molecule has 0 bridgehead atoms. The van der Waals surface area contributed by atoms with Crippen molar-refractivity contribution in [2.24, 2.45) is 5.92 Å². The summed E-state index contributed by atoms with van der Waals surface area (Å²) in [6.07, 6.45) is 6.93. The van der Waals surface area contributed by atoms with E-state index in [1.54, 1.807) is 6.92 Å². The Kier molecular flexibility index (Phi) is 7.30. The molecule has 2 aliphatic rings. The van der Waals surface area contributed by atoms with E-state index in [0.29, 0.717) is 13.0 Å². The number of carbonyl (C=O) groups excluding carboxylic acids is 1. The number of hydrogen-bond donors (Lipinski definition) is 2. The molecule has 2 N–H and O–H groups in total. The second-order valence-corrected chi connectivity index (χ2v) is 6.66. The predicted molar refractivity (Wildman–Crippen MR) is 85.1 cm³/mol. The molecule has 1 amide bonds. The molecule has 0 spiro atoms. The Balaban J connectivity index is 1.79. The zero-order valence-electron chi connectivity index (χ0n) is 14.0. The minimum Gasteiger partial charge on any atom is -0.481 e. The van der Waals surface area contributed by atoms with Crippen molar-refractivity contribution in [2.45, 2.75) is 76.5 Å². The highest BCUT2D eigenvalue weighted by Gasteiger charge is 2.31. The molecular formula is C17H29NO5. The number of carboxylic acid groups (broad SMARTS) is 1. The number of rotatable bonds is 6. The van der Waals surface area contributed by atoms with E-state index in [4.69, 9.17) is 9.47 Å². The maximum absolute atomic E-state index is 12.3. The third-order valence-corrected chi connectivity index (χ3v) is 4.84. The summed E-state index contributed by atoms with van der Waals surface area (Å²) in [5.74, 6) is -1.53. The Hall–Kier alpha value is -1.14. The first-order chi connectivity index (χ1) is 11.1. The van der Waals surface area contributed by atoms with Gasteiger partial charge >= 0.3 is 5.97 Å². The first-order valence-electron chi connectivity index (χ1n) is 8.84. The van der Waals surface area contributed by atoms with E-state index in [0.717, 1.165) is 51.6 Å². The van der Waals surface area contributed by atoms with Gasteiger partial charge in [-0.2, -0.15) is 0 Å². The van der Waals surface area contributed by atoms with Crippen LogP contribution < -0.4 is 5.32 Å². The van der Waals surface area contributed by atoms with Crippen LogP contribution in [-0.4, -0.2) is 48.4 Å². The van der Waals surface area contributed by atoms with Crippen LogP contribution in [0.4, 0.5) is 0 Å². The number of nitrogens with one attached hydrogen (secondary N) is 1. The smallest absolute Gasteiger partial charge is 0.308 e. The maximum Gasteiger partial charge on any atom is 0.308 e. The highest BCUT2D eigenvalue weighted by Crippen LogP contribution is 2.24. The fourth-order valence-corrected chi connectivity index (χ4v) is 3.34. The van der Waals surface area contributed by atoms with Crippen LogP contribution in [0.3, 0.4) is 0 Å². The molecule has 1 aliphatic heterocycles. The lowest BCUT2D eigenvalue weighted by atomic mass is 9.94. The van der Waals surface area contributed by atoms with Crippen LogP contribution in [0, 0.1) is 5.92 Å². The largest absolute Gasteiger partial charge is 0.481 e. The maximum atomic E-state index is 12.3. The standard InChI is InChI=1S/C17H29NO5/c1-12(23-11-13-7-5-6-10-22-13)16(19)18-15-9-4-2-3-8-14(15)17(20)21/h12-15H,2-11H2,1H3,(H,18,19)(H,20,21)/t12?,13?,14-,15+/m1/s1. The lowest BCUT2D eigenvalue weighted by molar-refractivity contribution is -0.144. The van der Waals surface area contributed by atoms with Gasteiger partial charge in [0.15, 0.2) is 0 Å². The molecule has 2 fully saturated rings. The lowest BCUT2D eigenvalue weighted by Crippen LogP contribution is -2.47. The number of aliphatic carboxylic acids is 1. The van der Waals surface area contributed by atoms with Crippen LogP contribution in [0.15, 0.2) is 0 Å². The summed E-state index contributed by atoms with van der Waals surface area (Å²) in [5, 5.41) is 12.3. The molecule has 1 aliphatic carbocycles. The molecule has 2 rings (SSSR count). The molecule has 6 heteroatoms. The van der Waals surface area contributed by atoms with E-state index in [-0.39, 0.29) is 18.1 Å². The summed E-state index contributed by atoms with van der Waals surface area (Å²) >= 11 is 0. The fraction of sp³-hybridized carbons (Fsp3) is 0.882. The molecule has 6 nitrogen and oxygen atoms in total. The lowest BCUT2D eigenvalue weighted by Gasteiger charge is -2.26. The predicted octanol–water partition coefficient (Wildman–Crippen LogP) is 2.11. The topological polar surface area (TPSA) is 84.9 Å². The van der Waals surface area contributed by atoms with Gasteiger partial charge in [0.05, 0.1) is 18.6 Å². The van der Waals surface area contributed by atoms with Crippen LogP contribution in [0.2, 0.25) is 0 Å². The number of ether oxygens (including phenoxy) is 2. The summed E-state index contributed by atoms with van der Waals surface area (Å²) in [4.78, 5) is 23.7. The van der Waals surface area contributed by atoms with Crippen molar-refractivity contribution in [3.05, 3.63) is 0 Å². The van der Waals surface area contributed by atoms with Crippen molar-refractivity contribution in [3.63, 3.8) is 0 Å². The Morgan fingerprint density at radius 2 is 1.91 bits per heavy atom. The van der Waals surface area contributed by atoms with E-state index in [1.807, 2.05) is 0 Å². The monoisotopic (exact) mass is 327 g/mol. The molecule has 0 radical (unpaired) electrons. The summed E-state index contributed by atoms with van der Waals surface area (Å²) in [5.41, 5.74) is 0. The minimum absolute atomic E-state index is 0.0728. The quantitative estimate of drug-likeness (QED) is 0.730. The minimum atomic E-state index is -0.818. The van der Waals surface area contributed by atoms with Crippen molar-refractivity contribution >= 4 is 11.9 Å². The molecule has 4 atom stereocenters. The van der Waals surface area contributed by atoms with Gasteiger partial charge in [0, 0.05) is 12.6 Å². The van der Waals surface area contributed by atoms with E-state index in [1.165, 1.54) is 0 Å². The highest BCUT2D eigenvalue weighted by molar-refractivity contribution is 5.81. The molecule has 0 aromatic rings. The van der Waals surface area contributed by atoms with E-state index in [9.17, 15) is 14.7 Å². The van der Waals surface area contributed by atoms with Gasteiger partial charge in [-0.3, -0.25) is 9.59 Å². The van der Waals surface area contributed by atoms with Crippen LogP contribution in [-0.2, 0) is 19.1 Å². The molecule has 0 aromatic heterocycles. The van der Waals surface area contributed by atoms with Crippen LogP contribution in [0.1, 0.15) is 58.3 Å². The molecule has 1 saturated carbocycles. The van der Waals surface area contributed by atoms with Crippen LogP contribution in [0.25, 0.3) is 0 Å². The van der Waals surface area contributed by atoms with Gasteiger partial charge < -0.3 is 19.9 Å². The Bertz CT molecular complexity index is 394. The van der Waals surface area contributed by atoms with E-state index >= 15 is 0 Å². The average Bonchev–Trinajstić information content (AvgIpc) is 2.79. The Labute approximate surface area is 137 Å². The van der Waals surface area contributed by atoms with Crippen molar-refractivity contribution in [2.75, 3.05) is 13.2 Å². The van der Waals surface area contributed by atoms with Gasteiger partial charge in [0.2, 0.25) is 5.91 Å². The first-order valence-corrected chi connectivity index (χ1v) is 8.84. The van der Waals surface area contributed by atoms with Crippen molar-refractivity contribution in [1.29, 1.82) is 0 Å². The average molecular weight is 327 g/mol. The van der Waals surface area contributed by atoms with E-state index < -0.39 is 18.0 Å². The fourth-order valence-electron chi connectivity index (χ4n) is 3.34. The van der Waals surface area contributed by atoms with Crippen molar-refractivity contribution in [1.82, 2.24) is 5.32 Å². The van der Waals surface area contributed by atoms with Crippen molar-refractivity contribution in [3.8, 4) is 0 Å². The number of carboxylic acids is 1. The number of carbonyl (C=O) groups is 2. The van der Waals surface area contributed by atoms with Gasteiger partial charge in [0.25, 0.3) is 0 Å². The second kappa shape index (κ2) is 9.23. The number of amides is 1. The van der Waals surface area contributed by atoms with Gasteiger partial charge in [-0.05, 0) is 39.0 Å². The van der Waals surface area contributed by atoms with Crippen molar-refractivity contribution < 1.29 is 24.2 Å². The first kappa shape index (κ1) is 18.2. The zero-order valence-corrected chi connectivity index (χ0v) is 14.0. The van der Waals surface area contributed by atoms with Crippen LogP contribution in [0.5, 0.6) is 0 Å². The SMILES string of the molecule is CC(OCC1CCCCO1)C(=O)N[C@H]1CCCCC[C@H]1C(=O)O. The second-order valence-electron chi connectivity index (χ2n) is 6.66. The van der Waals surface area contributed by atoms with Gasteiger partial charge in [-0.1, -0.05) is 19.3 Å². The third-order valence-electron chi connectivity index (χ3n) is 4.84. The van der Waals surface area contributed by atoms with Gasteiger partial charge in [-0.25, -0.2) is 0 Å². The van der Waals surface area contributed by atoms with Gasteiger partial charge in [0.1, 0.15) is 6.10 Å². The molecule has 132 valence electrons. The van der Waals surface area contributed by atoms with Crippen LogP contribution >= 0.6 is 0 Å². The molecule has 0 aromatic carbocycles. The van der Waals surface area contributed by atoms with E-state index in [2.05, 4.69) is 5.32 Å². The summed E-state index contributed by atoms with van der Waals surface area (Å²) in [7, 11) is 0. The Morgan fingerprint density at radius 3 is 2.61 bits per heavy atom. The number of hydrogen-bond acceptors (Lipinski definition) is 4. The molecule has 1 heterocycles. The molecule has 1 saturated heterocycles. The summed E-state index contributed by atoms with van der Waals surface area (Å²) in [6, 6.07) is -0.292. The summed E-state index contributed by atoms with van der Waals surface area (Å²) in [6.45, 7) is 2.89. The third kappa shape index (κ3) is 5.77. The molecule has 23 heavy (non-hydrogen) atoms. The normalized spacial score (nSPS) is 30.2. The summed E-state index contributed by atoms with van der Waals surface area (Å²) < 4.78 is 11.2. The Morgan fingerprint density at radius 1 is 1.17 bits per heavy atom.